The molecule has 1 unspecified atom stereocenters. The summed E-state index contributed by atoms with van der Waals surface area (Å²) in [6.45, 7) is 12.3. The van der Waals surface area contributed by atoms with E-state index >= 15 is 0 Å². The number of ether oxygens (including phenoxy) is 2. The van der Waals surface area contributed by atoms with Crippen LogP contribution in [-0.4, -0.2) is 73.8 Å². The fraction of sp³-hybridized carbons (Fsp3) is 0.450. The Morgan fingerprint density at radius 1 is 0.907 bits per heavy atom. The fourth-order valence-electron chi connectivity index (χ4n) is 5.23. The van der Waals surface area contributed by atoms with E-state index in [1.807, 2.05) is 68.6 Å². The summed E-state index contributed by atoms with van der Waals surface area (Å²) < 4.78 is 11.0. The molecule has 0 saturated heterocycles. The quantitative estimate of drug-likeness (QED) is 0.0449. The average molecular weight is 763 g/mol. The van der Waals surface area contributed by atoms with Crippen molar-refractivity contribution in [2.45, 2.75) is 91.2 Å². The summed E-state index contributed by atoms with van der Waals surface area (Å²) in [7, 11) is 0. The average Bonchev–Trinajstić information content (AvgIpc) is 3.64. The summed E-state index contributed by atoms with van der Waals surface area (Å²) in [6.07, 6.45) is 3.52. The van der Waals surface area contributed by atoms with Crippen LogP contribution in [0.4, 0.5) is 4.79 Å². The molecule has 5 N–H and O–H groups in total. The minimum Gasteiger partial charge on any atom is -0.484 e. The molecule has 13 nitrogen and oxygen atoms in total. The molecule has 0 aliphatic heterocycles. The second-order valence-electron chi connectivity index (χ2n) is 13.8. The van der Waals surface area contributed by atoms with Crippen molar-refractivity contribution in [3.63, 3.8) is 0 Å². The Balaban J connectivity index is 1.53. The van der Waals surface area contributed by atoms with Gasteiger partial charge in [-0.3, -0.25) is 19.2 Å². The van der Waals surface area contributed by atoms with Crippen molar-refractivity contribution >= 4 is 47.3 Å². The molecule has 0 saturated carbocycles. The van der Waals surface area contributed by atoms with E-state index in [2.05, 4.69) is 31.8 Å². The number of amides is 5. The molecule has 3 aromatic rings. The van der Waals surface area contributed by atoms with Gasteiger partial charge in [0.2, 0.25) is 5.91 Å². The maximum absolute atomic E-state index is 13.7. The highest BCUT2D eigenvalue weighted by atomic mass is 32.1. The Labute approximate surface area is 322 Å². The maximum Gasteiger partial charge on any atom is 0.335 e. The molecular formula is C40H54N6O7S. The van der Waals surface area contributed by atoms with Crippen LogP contribution in [0.2, 0.25) is 0 Å². The molecule has 54 heavy (non-hydrogen) atoms. The van der Waals surface area contributed by atoms with Crippen LogP contribution in [0.1, 0.15) is 91.2 Å². The number of nitrogens with zero attached hydrogens (tertiary/aromatic N) is 1. The predicted molar refractivity (Wildman–Crippen MR) is 211 cm³/mol. The van der Waals surface area contributed by atoms with Gasteiger partial charge in [0, 0.05) is 36.3 Å². The van der Waals surface area contributed by atoms with Crippen molar-refractivity contribution < 1.29 is 33.4 Å². The van der Waals surface area contributed by atoms with Crippen LogP contribution in [0.25, 0.3) is 0 Å². The number of hydrogen-bond donors (Lipinski definition) is 5. The summed E-state index contributed by atoms with van der Waals surface area (Å²) in [6, 6.07) is 15.2. The number of hydrogen-bond acceptors (Lipinski definition) is 9. The van der Waals surface area contributed by atoms with E-state index in [0.717, 1.165) is 21.6 Å². The van der Waals surface area contributed by atoms with E-state index in [0.29, 0.717) is 56.6 Å². The van der Waals surface area contributed by atoms with Crippen LogP contribution in [0.15, 0.2) is 65.1 Å². The number of nitrogens with one attached hydrogen (secondary N) is 5. The summed E-state index contributed by atoms with van der Waals surface area (Å²) in [5, 5.41) is 17.2. The van der Waals surface area contributed by atoms with Gasteiger partial charge in [0.25, 0.3) is 11.8 Å². The van der Waals surface area contributed by atoms with Gasteiger partial charge in [-0.2, -0.15) is 5.10 Å². The van der Waals surface area contributed by atoms with Gasteiger partial charge in [0.15, 0.2) is 6.61 Å². The van der Waals surface area contributed by atoms with Gasteiger partial charge < -0.3 is 30.7 Å². The van der Waals surface area contributed by atoms with Crippen LogP contribution >= 0.6 is 11.3 Å². The number of carbonyl (C=O) groups excluding carboxylic acids is 5. The monoisotopic (exact) mass is 762 g/mol. The molecule has 0 aliphatic rings. The van der Waals surface area contributed by atoms with Gasteiger partial charge in [-0.1, -0.05) is 30.7 Å². The summed E-state index contributed by atoms with van der Waals surface area (Å²) in [4.78, 5) is 64.1. The lowest BCUT2D eigenvalue weighted by Gasteiger charge is -2.23. The van der Waals surface area contributed by atoms with Crippen molar-refractivity contribution in [2.24, 2.45) is 5.10 Å². The molecule has 0 radical (unpaired) electrons. The summed E-state index contributed by atoms with van der Waals surface area (Å²) >= 11 is 1.47. The second kappa shape index (κ2) is 22.1. The maximum atomic E-state index is 13.7. The number of hydrazone groups is 1. The van der Waals surface area contributed by atoms with Crippen LogP contribution in [0, 0.1) is 13.8 Å². The van der Waals surface area contributed by atoms with Crippen LogP contribution in [0.5, 0.6) is 5.75 Å². The predicted octanol–water partition coefficient (Wildman–Crippen LogP) is 5.31. The lowest BCUT2D eigenvalue weighted by molar-refractivity contribution is -0.155. The Morgan fingerprint density at radius 3 is 2.33 bits per heavy atom. The van der Waals surface area contributed by atoms with Gasteiger partial charge in [-0.05, 0) is 113 Å². The normalized spacial score (nSPS) is 12.3. The number of aryl methyl sites for hydroxylation is 2. The highest BCUT2D eigenvalue weighted by molar-refractivity contribution is 7.10. The number of unbranched alkanes of at least 4 members (excludes halogenated alkanes) is 1. The molecule has 2 atom stereocenters. The number of esters is 1. The second-order valence-corrected chi connectivity index (χ2v) is 14.8. The van der Waals surface area contributed by atoms with E-state index in [1.165, 1.54) is 17.6 Å². The third-order valence-electron chi connectivity index (χ3n) is 8.10. The first-order chi connectivity index (χ1) is 25.7. The van der Waals surface area contributed by atoms with Crippen LogP contribution in [-0.2, 0) is 25.5 Å². The highest BCUT2D eigenvalue weighted by Crippen LogP contribution is 2.27. The molecular weight excluding hydrogens is 709 g/mol. The largest absolute Gasteiger partial charge is 0.484 e. The van der Waals surface area contributed by atoms with Crippen molar-refractivity contribution in [1.29, 1.82) is 0 Å². The number of urea groups is 1. The zero-order valence-corrected chi connectivity index (χ0v) is 32.9. The molecule has 0 fully saturated rings. The molecule has 1 aromatic heterocycles. The van der Waals surface area contributed by atoms with Gasteiger partial charge >= 0.3 is 12.0 Å². The SMILES string of the molecule is CCNC(=O)COc1ccc(CCNC(=O)NN=C[C@H](CC(=O)OC(C)(C)C)NC(=O)C(CCCCNC(=O)c2ccc(C)c(C)c2)c2cccs2)cc1. The Hall–Kier alpha value is -5.24. The Bertz CT molecular complexity index is 1700. The standard InChI is InChI=1S/C40H54N6O7S/c1-7-41-35(47)26-52-32-17-14-29(15-18-32)19-21-43-39(51)46-44-25-31(24-36(48)53-40(4,5)6)45-38(50)33(34-12-10-22-54-34)11-8-9-20-42-37(49)30-16-13-27(2)28(3)23-30/h10,12-18,22-23,25,31,33H,7-9,11,19-21,24,26H2,1-6H3,(H,41,47)(H,42,49)(H,45,50)(H2,43,46,51)/t31-,33?/m0/s1. The number of rotatable bonds is 20. The zero-order valence-electron chi connectivity index (χ0n) is 32.1. The third-order valence-corrected chi connectivity index (χ3v) is 9.08. The number of benzene rings is 2. The van der Waals surface area contributed by atoms with Crippen molar-refractivity contribution in [3.05, 3.63) is 87.1 Å². The lowest BCUT2D eigenvalue weighted by atomic mass is 9.98. The molecule has 2 aromatic carbocycles. The van der Waals surface area contributed by atoms with Gasteiger partial charge in [-0.25, -0.2) is 10.2 Å². The molecule has 5 amide bonds. The fourth-order valence-corrected chi connectivity index (χ4v) is 6.10. The minimum absolute atomic E-state index is 0.0650. The minimum atomic E-state index is -0.860. The lowest BCUT2D eigenvalue weighted by Crippen LogP contribution is -2.42. The molecule has 3 rings (SSSR count). The molecule has 14 heteroatoms. The number of thiophene rings is 1. The van der Waals surface area contributed by atoms with Gasteiger partial charge in [-0.15, -0.1) is 11.3 Å². The number of likely N-dealkylation sites (N-methyl/N-ethyl adjacent to an activating group) is 1. The van der Waals surface area contributed by atoms with E-state index in [-0.39, 0.29) is 30.7 Å². The van der Waals surface area contributed by atoms with Crippen LogP contribution in [0.3, 0.4) is 0 Å². The molecule has 0 bridgehead atoms. The smallest absolute Gasteiger partial charge is 0.335 e. The van der Waals surface area contributed by atoms with Gasteiger partial charge in [0.05, 0.1) is 18.4 Å². The molecule has 1 heterocycles. The van der Waals surface area contributed by atoms with E-state index in [4.69, 9.17) is 9.47 Å². The topological polar surface area (TPSA) is 176 Å². The first-order valence-electron chi connectivity index (χ1n) is 18.2. The van der Waals surface area contributed by atoms with E-state index < -0.39 is 29.6 Å². The third kappa shape index (κ3) is 16.2. The number of carbonyl (C=O) groups is 5. The van der Waals surface area contributed by atoms with Crippen LogP contribution < -0.4 is 31.4 Å². The Kier molecular flexibility index (Phi) is 17.7. The first-order valence-corrected chi connectivity index (χ1v) is 19.1. The Morgan fingerprint density at radius 2 is 1.67 bits per heavy atom. The zero-order chi connectivity index (χ0) is 39.5. The molecule has 292 valence electrons. The summed E-state index contributed by atoms with van der Waals surface area (Å²) in [5.41, 5.74) is 5.41. The highest BCUT2D eigenvalue weighted by Gasteiger charge is 2.26. The van der Waals surface area contributed by atoms with Crippen molar-refractivity contribution in [3.8, 4) is 5.75 Å². The van der Waals surface area contributed by atoms with Crippen molar-refractivity contribution in [2.75, 3.05) is 26.2 Å². The summed E-state index contributed by atoms with van der Waals surface area (Å²) in [5.74, 6) is -1.08. The van der Waals surface area contributed by atoms with E-state index in [9.17, 15) is 24.0 Å². The first kappa shape index (κ1) is 43.2. The molecule has 0 spiro atoms. The van der Waals surface area contributed by atoms with Crippen molar-refractivity contribution in [1.82, 2.24) is 26.7 Å². The van der Waals surface area contributed by atoms with E-state index in [1.54, 1.807) is 32.9 Å². The molecule has 0 aliphatic carbocycles. The van der Waals surface area contributed by atoms with Gasteiger partial charge in [0.1, 0.15) is 11.4 Å².